The minimum atomic E-state index is 0.705. The second-order valence-corrected chi connectivity index (χ2v) is 14.1. The highest BCUT2D eigenvalue weighted by molar-refractivity contribution is 6.06. The zero-order chi connectivity index (χ0) is 37.3. The van der Waals surface area contributed by atoms with Gasteiger partial charge >= 0.3 is 0 Å². The SMILES string of the molecule is c1ccc(-c2nc(-c3ccc(-c4ccc(-c5ccccc5)c5ccccc45)cc3)cc(-c3ccc(-c4ccc(-c5ccccc5)c5ccccc45)cc3)n2)cc1. The standard InChI is InChI=1S/C54H36N2/c1-4-14-37(15-5-1)44-32-34-46(50-22-12-10-20-48(44)50)39-24-28-41(29-25-39)52-36-53(56-54(55-52)43-18-8-3-9-19-43)42-30-26-40(27-31-42)47-35-33-45(38-16-6-2-7-17-38)49-21-11-13-23-51(47)49/h1-36H. The normalized spacial score (nSPS) is 11.2. The van der Waals surface area contributed by atoms with Gasteiger partial charge in [0.25, 0.3) is 0 Å². The Morgan fingerprint density at radius 1 is 0.214 bits per heavy atom. The Morgan fingerprint density at radius 2 is 0.482 bits per heavy atom. The predicted molar refractivity (Wildman–Crippen MR) is 235 cm³/mol. The molecule has 0 aliphatic carbocycles. The Labute approximate surface area is 327 Å². The summed E-state index contributed by atoms with van der Waals surface area (Å²) in [5.74, 6) is 0.705. The van der Waals surface area contributed by atoms with Crippen LogP contribution in [0.2, 0.25) is 0 Å². The van der Waals surface area contributed by atoms with E-state index in [9.17, 15) is 0 Å². The first-order valence-corrected chi connectivity index (χ1v) is 19.1. The van der Waals surface area contributed by atoms with Crippen LogP contribution < -0.4 is 0 Å². The maximum Gasteiger partial charge on any atom is 0.160 e. The maximum absolute atomic E-state index is 5.12. The van der Waals surface area contributed by atoms with Crippen LogP contribution in [-0.2, 0) is 0 Å². The van der Waals surface area contributed by atoms with E-state index in [1.165, 1.54) is 66.1 Å². The molecule has 0 aliphatic heterocycles. The lowest BCUT2D eigenvalue weighted by atomic mass is 9.91. The van der Waals surface area contributed by atoms with Crippen molar-refractivity contribution in [3.63, 3.8) is 0 Å². The van der Waals surface area contributed by atoms with Crippen LogP contribution in [0.5, 0.6) is 0 Å². The van der Waals surface area contributed by atoms with Gasteiger partial charge in [-0.2, -0.15) is 0 Å². The minimum Gasteiger partial charge on any atom is -0.228 e. The van der Waals surface area contributed by atoms with Gasteiger partial charge in [0, 0.05) is 16.7 Å². The van der Waals surface area contributed by atoms with Crippen molar-refractivity contribution in [1.82, 2.24) is 9.97 Å². The number of hydrogen-bond acceptors (Lipinski definition) is 2. The molecule has 9 aromatic carbocycles. The smallest absolute Gasteiger partial charge is 0.160 e. The Morgan fingerprint density at radius 3 is 0.821 bits per heavy atom. The molecule has 0 spiro atoms. The zero-order valence-corrected chi connectivity index (χ0v) is 30.7. The van der Waals surface area contributed by atoms with Gasteiger partial charge < -0.3 is 0 Å². The van der Waals surface area contributed by atoms with Crippen LogP contribution in [-0.4, -0.2) is 9.97 Å². The van der Waals surface area contributed by atoms with E-state index in [1.807, 2.05) is 18.2 Å². The molecule has 0 fully saturated rings. The van der Waals surface area contributed by atoms with E-state index in [0.717, 1.165) is 28.1 Å². The van der Waals surface area contributed by atoms with Gasteiger partial charge in [0.05, 0.1) is 11.4 Å². The number of aromatic nitrogens is 2. The van der Waals surface area contributed by atoms with Gasteiger partial charge in [0.1, 0.15) is 0 Å². The fourth-order valence-electron chi connectivity index (χ4n) is 7.94. The van der Waals surface area contributed by atoms with Gasteiger partial charge in [0.15, 0.2) is 5.82 Å². The van der Waals surface area contributed by atoms with Crippen LogP contribution in [0.25, 0.3) is 100.0 Å². The summed E-state index contributed by atoms with van der Waals surface area (Å²) in [5, 5.41) is 4.97. The lowest BCUT2D eigenvalue weighted by molar-refractivity contribution is 1.18. The number of rotatable bonds is 7. The molecule has 10 aromatic rings. The fourth-order valence-corrected chi connectivity index (χ4v) is 7.94. The largest absolute Gasteiger partial charge is 0.228 e. The van der Waals surface area contributed by atoms with E-state index < -0.39 is 0 Å². The van der Waals surface area contributed by atoms with Crippen molar-refractivity contribution in [3.05, 3.63) is 218 Å². The van der Waals surface area contributed by atoms with Gasteiger partial charge in [-0.3, -0.25) is 0 Å². The topological polar surface area (TPSA) is 25.8 Å². The molecule has 0 amide bonds. The average molecular weight is 713 g/mol. The Kier molecular flexibility index (Phi) is 8.55. The van der Waals surface area contributed by atoms with Crippen LogP contribution in [0.4, 0.5) is 0 Å². The number of benzene rings is 9. The first kappa shape index (κ1) is 33.2. The quantitative estimate of drug-likeness (QED) is 0.164. The molecule has 1 aromatic heterocycles. The molecule has 262 valence electrons. The first-order valence-electron chi connectivity index (χ1n) is 19.1. The highest BCUT2D eigenvalue weighted by Gasteiger charge is 2.14. The van der Waals surface area contributed by atoms with Crippen LogP contribution in [0.3, 0.4) is 0 Å². The summed E-state index contributed by atoms with van der Waals surface area (Å²) in [6, 6.07) is 77.6. The summed E-state index contributed by atoms with van der Waals surface area (Å²) in [4.78, 5) is 10.2. The summed E-state index contributed by atoms with van der Waals surface area (Å²) in [7, 11) is 0. The fraction of sp³-hybridized carbons (Fsp3) is 0. The molecule has 56 heavy (non-hydrogen) atoms. The van der Waals surface area contributed by atoms with Gasteiger partial charge in [0.2, 0.25) is 0 Å². The molecule has 0 saturated heterocycles. The molecule has 0 unspecified atom stereocenters. The van der Waals surface area contributed by atoms with E-state index in [4.69, 9.17) is 9.97 Å². The van der Waals surface area contributed by atoms with Crippen molar-refractivity contribution >= 4 is 21.5 Å². The van der Waals surface area contributed by atoms with Crippen molar-refractivity contribution in [1.29, 1.82) is 0 Å². The third-order valence-corrected chi connectivity index (χ3v) is 10.8. The van der Waals surface area contributed by atoms with E-state index in [-0.39, 0.29) is 0 Å². The second-order valence-electron chi connectivity index (χ2n) is 14.1. The number of hydrogen-bond donors (Lipinski definition) is 0. The molecule has 0 saturated carbocycles. The van der Waals surface area contributed by atoms with Gasteiger partial charge in [-0.25, -0.2) is 9.97 Å². The van der Waals surface area contributed by atoms with Gasteiger partial charge in [-0.1, -0.05) is 212 Å². The zero-order valence-electron chi connectivity index (χ0n) is 30.7. The lowest BCUT2D eigenvalue weighted by Crippen LogP contribution is -1.96. The Balaban J connectivity index is 1.02. The molecular weight excluding hydrogens is 677 g/mol. The summed E-state index contributed by atoms with van der Waals surface area (Å²) < 4.78 is 0. The van der Waals surface area contributed by atoms with Crippen molar-refractivity contribution in [2.75, 3.05) is 0 Å². The van der Waals surface area contributed by atoms with Crippen molar-refractivity contribution in [3.8, 4) is 78.4 Å². The summed E-state index contributed by atoms with van der Waals surface area (Å²) in [6.07, 6.45) is 0. The third kappa shape index (κ3) is 6.24. The molecule has 2 heteroatoms. The van der Waals surface area contributed by atoms with Crippen LogP contribution in [0, 0.1) is 0 Å². The molecule has 0 bridgehead atoms. The van der Waals surface area contributed by atoms with E-state index >= 15 is 0 Å². The summed E-state index contributed by atoms with van der Waals surface area (Å²) >= 11 is 0. The highest BCUT2D eigenvalue weighted by atomic mass is 14.9. The molecule has 0 N–H and O–H groups in total. The van der Waals surface area contributed by atoms with Crippen molar-refractivity contribution in [2.45, 2.75) is 0 Å². The monoisotopic (exact) mass is 712 g/mol. The molecule has 2 nitrogen and oxygen atoms in total. The van der Waals surface area contributed by atoms with E-state index in [0.29, 0.717) is 5.82 Å². The predicted octanol–water partition coefficient (Wildman–Crippen LogP) is 14.5. The Bertz CT molecular complexity index is 2790. The lowest BCUT2D eigenvalue weighted by Gasteiger charge is -2.14. The molecule has 1 heterocycles. The maximum atomic E-state index is 5.12. The van der Waals surface area contributed by atoms with Gasteiger partial charge in [-0.15, -0.1) is 0 Å². The van der Waals surface area contributed by atoms with E-state index in [2.05, 4.69) is 200 Å². The number of nitrogens with zero attached hydrogens (tertiary/aromatic N) is 2. The Hall–Kier alpha value is -7.42. The van der Waals surface area contributed by atoms with Gasteiger partial charge in [-0.05, 0) is 72.1 Å². The van der Waals surface area contributed by atoms with Crippen molar-refractivity contribution < 1.29 is 0 Å². The molecule has 0 aliphatic rings. The average Bonchev–Trinajstić information content (AvgIpc) is 3.29. The molecular formula is C54H36N2. The first-order chi connectivity index (χ1) is 27.8. The summed E-state index contributed by atoms with van der Waals surface area (Å²) in [5.41, 5.74) is 14.5. The summed E-state index contributed by atoms with van der Waals surface area (Å²) in [6.45, 7) is 0. The van der Waals surface area contributed by atoms with Crippen LogP contribution in [0.1, 0.15) is 0 Å². The van der Waals surface area contributed by atoms with Crippen LogP contribution in [0.15, 0.2) is 218 Å². The molecule has 0 atom stereocenters. The minimum absolute atomic E-state index is 0.705. The van der Waals surface area contributed by atoms with Crippen LogP contribution >= 0.6 is 0 Å². The number of fused-ring (bicyclic) bond motifs is 2. The van der Waals surface area contributed by atoms with E-state index in [1.54, 1.807) is 0 Å². The van der Waals surface area contributed by atoms with Crippen molar-refractivity contribution in [2.24, 2.45) is 0 Å². The molecule has 0 radical (unpaired) electrons. The molecule has 10 rings (SSSR count). The second kappa shape index (κ2) is 14.4. The highest BCUT2D eigenvalue weighted by Crippen LogP contribution is 2.38. The third-order valence-electron chi connectivity index (χ3n) is 10.8.